The van der Waals surface area contributed by atoms with Crippen molar-refractivity contribution >= 4 is 23.7 Å². The Hall–Kier alpha value is -0.810. The van der Waals surface area contributed by atoms with Crippen molar-refractivity contribution in [2.24, 2.45) is 0 Å². The monoisotopic (exact) mass is 180 g/mol. The maximum absolute atomic E-state index is 10.8. The average Bonchev–Trinajstić information content (AvgIpc) is 2.00. The van der Waals surface area contributed by atoms with Gasteiger partial charge in [-0.05, 0) is 0 Å². The highest BCUT2D eigenvalue weighted by Crippen LogP contribution is 1.96. The molecule has 5 nitrogen and oxygen atoms in total. The normalized spacial score (nSPS) is 9.09. The topological polar surface area (TPSA) is 60.9 Å². The lowest BCUT2D eigenvalue weighted by Crippen LogP contribution is -2.39. The fraction of sp³-hybridized carbons (Fsp3) is 0.600. The molecule has 0 heterocycles. The van der Waals surface area contributed by atoms with Crippen molar-refractivity contribution in [3.63, 3.8) is 0 Å². The molecule has 0 aromatic rings. The maximum Gasteiger partial charge on any atom is 0.340 e. The Morgan fingerprint density at radius 2 is 1.91 bits per heavy atom. The molecule has 6 heteroatoms. The summed E-state index contributed by atoms with van der Waals surface area (Å²) in [4.78, 5) is 22.2. The van der Waals surface area contributed by atoms with Crippen LogP contribution in [-0.2, 0) is 4.79 Å². The predicted octanol–water partition coefficient (Wildman–Crippen LogP) is -0.357. The van der Waals surface area contributed by atoms with Gasteiger partial charge in [0.1, 0.15) is 6.61 Å². The average molecular weight is 181 g/mol. The highest BCUT2D eigenvalue weighted by Gasteiger charge is 2.17. The zero-order chi connectivity index (χ0) is 9.02. The van der Waals surface area contributed by atoms with Crippen LogP contribution in [-0.4, -0.2) is 47.1 Å². The van der Waals surface area contributed by atoms with E-state index >= 15 is 0 Å². The van der Waals surface area contributed by atoms with Crippen molar-refractivity contribution < 1.29 is 14.7 Å². The zero-order valence-corrected chi connectivity index (χ0v) is 7.00. The third-order valence-electron chi connectivity index (χ3n) is 1.06. The summed E-state index contributed by atoms with van der Waals surface area (Å²) in [6, 6.07) is -0.675. The molecule has 64 valence electrons. The second-order valence-corrected chi connectivity index (χ2v) is 2.38. The number of carbonyl (C=O) groups excluding carboxylic acids is 2. The van der Waals surface area contributed by atoms with Gasteiger partial charge in [0.2, 0.25) is 0 Å². The Kier molecular flexibility index (Phi) is 3.84. The summed E-state index contributed by atoms with van der Waals surface area (Å²) in [5.74, 6) is -0.692. The fourth-order valence-electron chi connectivity index (χ4n) is 0.419. The number of halogens is 1. The zero-order valence-electron chi connectivity index (χ0n) is 6.24. The molecule has 0 aliphatic heterocycles. The van der Waals surface area contributed by atoms with Crippen LogP contribution in [0.4, 0.5) is 4.79 Å². The molecule has 1 N–H and O–H groups in total. The summed E-state index contributed by atoms with van der Waals surface area (Å²) in [6.45, 7) is -0.701. The lowest BCUT2D eigenvalue weighted by molar-refractivity contribution is -0.130. The van der Waals surface area contributed by atoms with Crippen LogP contribution in [0.15, 0.2) is 0 Å². The van der Waals surface area contributed by atoms with E-state index in [1.54, 1.807) is 0 Å². The summed E-state index contributed by atoms with van der Waals surface area (Å²) in [6.07, 6.45) is 0. The van der Waals surface area contributed by atoms with Crippen molar-refractivity contribution in [3.8, 4) is 0 Å². The molecular weight excluding hydrogens is 172 g/mol. The van der Waals surface area contributed by atoms with Crippen molar-refractivity contribution in [2.75, 3.05) is 20.7 Å². The lowest BCUT2D eigenvalue weighted by atomic mass is 10.6. The minimum absolute atomic E-state index is 0.675. The minimum atomic E-state index is -0.701. The molecule has 0 saturated heterocycles. The number of carbonyl (C=O) groups is 2. The van der Waals surface area contributed by atoms with Gasteiger partial charge in [-0.15, -0.1) is 0 Å². The van der Waals surface area contributed by atoms with Crippen LogP contribution in [0.3, 0.4) is 0 Å². The number of aliphatic hydroxyl groups excluding tert-OH is 1. The molecule has 0 aromatic heterocycles. The largest absolute Gasteiger partial charge is 0.387 e. The SMILES string of the molecule is CN(Cl)C(=O)N(C)C(=O)CO. The molecule has 0 fully saturated rings. The van der Waals surface area contributed by atoms with Gasteiger partial charge in [-0.25, -0.2) is 9.21 Å². The van der Waals surface area contributed by atoms with Crippen molar-refractivity contribution in [1.29, 1.82) is 0 Å². The van der Waals surface area contributed by atoms with Crippen LogP contribution in [0.25, 0.3) is 0 Å². The molecule has 0 aliphatic carbocycles. The summed E-state index contributed by atoms with van der Waals surface area (Å²) in [5, 5.41) is 8.33. The van der Waals surface area contributed by atoms with Gasteiger partial charge in [0.25, 0.3) is 5.91 Å². The lowest BCUT2D eigenvalue weighted by Gasteiger charge is -2.16. The van der Waals surface area contributed by atoms with Gasteiger partial charge in [-0.2, -0.15) is 0 Å². The molecule has 0 aromatic carbocycles. The van der Waals surface area contributed by atoms with Gasteiger partial charge in [-0.1, -0.05) is 0 Å². The highest BCUT2D eigenvalue weighted by atomic mass is 35.5. The standard InChI is InChI=1S/C5H9ClN2O3/c1-7(4(10)3-9)5(11)8(2)6/h9H,3H2,1-2H3. The van der Waals surface area contributed by atoms with E-state index in [1.807, 2.05) is 0 Å². The first-order valence-corrected chi connectivity index (χ1v) is 3.15. The van der Waals surface area contributed by atoms with Gasteiger partial charge in [0.05, 0.1) is 0 Å². The summed E-state index contributed by atoms with van der Waals surface area (Å²) < 4.78 is 0.730. The molecule has 11 heavy (non-hydrogen) atoms. The number of aliphatic hydroxyl groups is 1. The smallest absolute Gasteiger partial charge is 0.340 e. The Bertz CT molecular complexity index is 171. The minimum Gasteiger partial charge on any atom is -0.387 e. The van der Waals surface area contributed by atoms with Gasteiger partial charge in [0, 0.05) is 25.9 Å². The number of rotatable bonds is 1. The Morgan fingerprint density at radius 1 is 1.45 bits per heavy atom. The van der Waals surface area contributed by atoms with E-state index in [2.05, 4.69) is 0 Å². The molecule has 0 bridgehead atoms. The van der Waals surface area contributed by atoms with Gasteiger partial charge >= 0.3 is 6.03 Å². The molecule has 0 atom stereocenters. The molecule has 0 rings (SSSR count). The number of hydrogen-bond acceptors (Lipinski definition) is 3. The number of nitrogens with zero attached hydrogens (tertiary/aromatic N) is 2. The number of imide groups is 1. The fourth-order valence-corrected chi connectivity index (χ4v) is 0.533. The Balaban J connectivity index is 4.13. The number of likely N-dealkylation sites (N-methyl/N-ethyl adjacent to an activating group) is 1. The molecule has 0 aliphatic rings. The number of urea groups is 1. The third kappa shape index (κ3) is 2.73. The molecular formula is C5H9ClN2O3. The van der Waals surface area contributed by atoms with Crippen LogP contribution in [0, 0.1) is 0 Å². The summed E-state index contributed by atoms with van der Waals surface area (Å²) in [5.41, 5.74) is 0. The van der Waals surface area contributed by atoms with Crippen LogP contribution >= 0.6 is 11.8 Å². The van der Waals surface area contributed by atoms with E-state index in [4.69, 9.17) is 16.9 Å². The molecule has 0 unspecified atom stereocenters. The first-order chi connectivity index (χ1) is 5.00. The first kappa shape index (κ1) is 10.2. The van der Waals surface area contributed by atoms with Crippen LogP contribution in [0.5, 0.6) is 0 Å². The quantitative estimate of drug-likeness (QED) is 0.561. The van der Waals surface area contributed by atoms with Gasteiger partial charge in [0.15, 0.2) is 0 Å². The third-order valence-corrected chi connectivity index (χ3v) is 1.20. The van der Waals surface area contributed by atoms with E-state index in [1.165, 1.54) is 14.1 Å². The van der Waals surface area contributed by atoms with Crippen LogP contribution in [0.1, 0.15) is 0 Å². The summed E-state index contributed by atoms with van der Waals surface area (Å²) >= 11 is 5.23. The van der Waals surface area contributed by atoms with Crippen molar-refractivity contribution in [3.05, 3.63) is 0 Å². The van der Waals surface area contributed by atoms with Crippen LogP contribution < -0.4 is 0 Å². The highest BCUT2D eigenvalue weighted by molar-refractivity contribution is 6.21. The second kappa shape index (κ2) is 4.15. The number of amides is 3. The molecule has 0 saturated carbocycles. The van der Waals surface area contributed by atoms with Gasteiger partial charge < -0.3 is 5.11 Å². The van der Waals surface area contributed by atoms with Crippen molar-refractivity contribution in [2.45, 2.75) is 0 Å². The first-order valence-electron chi connectivity index (χ1n) is 2.81. The van der Waals surface area contributed by atoms with E-state index in [0.29, 0.717) is 0 Å². The van der Waals surface area contributed by atoms with Gasteiger partial charge in [-0.3, -0.25) is 9.69 Å². The number of hydrogen-bond donors (Lipinski definition) is 1. The molecule has 3 amide bonds. The van der Waals surface area contributed by atoms with E-state index in [0.717, 1.165) is 9.32 Å². The Morgan fingerprint density at radius 3 is 2.18 bits per heavy atom. The maximum atomic E-state index is 10.8. The van der Waals surface area contributed by atoms with E-state index in [-0.39, 0.29) is 0 Å². The Labute approximate surface area is 69.3 Å². The van der Waals surface area contributed by atoms with Crippen molar-refractivity contribution in [1.82, 2.24) is 9.32 Å². The predicted molar refractivity (Wildman–Crippen MR) is 38.9 cm³/mol. The van der Waals surface area contributed by atoms with E-state index < -0.39 is 18.5 Å². The molecule has 0 spiro atoms. The molecule has 0 radical (unpaired) electrons. The summed E-state index contributed by atoms with van der Waals surface area (Å²) in [7, 11) is 2.53. The second-order valence-electron chi connectivity index (χ2n) is 1.87. The van der Waals surface area contributed by atoms with E-state index in [9.17, 15) is 9.59 Å². The van der Waals surface area contributed by atoms with Crippen LogP contribution in [0.2, 0.25) is 0 Å².